The summed E-state index contributed by atoms with van der Waals surface area (Å²) >= 11 is 0. The minimum atomic E-state index is -4.88. The molecule has 0 unspecified atom stereocenters. The molecule has 4 rings (SSSR count). The lowest BCUT2D eigenvalue weighted by Gasteiger charge is -2.10. The number of sulfonamides is 1. The number of nitrogens with one attached hydrogen (secondary N) is 3. The second-order valence-corrected chi connectivity index (χ2v) is 9.38. The number of H-pyrrole nitrogens is 1. The van der Waals surface area contributed by atoms with Gasteiger partial charge in [-0.15, -0.1) is 13.2 Å². The smallest absolute Gasteiger partial charge is 0.406 e. The van der Waals surface area contributed by atoms with Crippen LogP contribution in [0.5, 0.6) is 5.75 Å². The quantitative estimate of drug-likeness (QED) is 0.417. The number of aromatic amines is 1. The normalized spacial score (nSPS) is 14.1. The summed E-state index contributed by atoms with van der Waals surface area (Å²) in [6.45, 7) is -0.208. The number of halogens is 3. The van der Waals surface area contributed by atoms with Gasteiger partial charge in [0, 0.05) is 30.1 Å². The van der Waals surface area contributed by atoms with Crippen molar-refractivity contribution in [2.75, 3.05) is 11.9 Å². The number of nitrogens with zero attached hydrogens (tertiary/aromatic N) is 2. The fraction of sp³-hybridized carbons (Fsp3) is 0.286. The number of benzene rings is 2. The van der Waals surface area contributed by atoms with Crippen LogP contribution in [-0.4, -0.2) is 42.4 Å². The maximum atomic E-state index is 12.3. The lowest BCUT2D eigenvalue weighted by atomic mass is 10.2. The predicted molar refractivity (Wildman–Crippen MR) is 115 cm³/mol. The van der Waals surface area contributed by atoms with Gasteiger partial charge in [0.2, 0.25) is 15.9 Å². The molecule has 2 aromatic carbocycles. The number of aromatic nitrogens is 3. The number of ether oxygens (including phenoxy) is 1. The zero-order valence-electron chi connectivity index (χ0n) is 17.6. The first-order valence-electron chi connectivity index (χ1n) is 10.3. The molecule has 0 atom stereocenters. The van der Waals surface area contributed by atoms with E-state index in [2.05, 4.69) is 30.0 Å². The highest BCUT2D eigenvalue weighted by atomic mass is 32.2. The standard InChI is InChI=1S/C21H20F3N5O4S/c22-21(23,24)33-16-6-8-17(9-7-16)34(31,32)25-11-10-18(30)26-15-3-1-2-14(12-15)20-27-19(28-29-20)13-4-5-13/h1-3,6-9,12-13,25H,4-5,10-11H2,(H,26,30)(H,27,28,29). The number of hydrogen-bond donors (Lipinski definition) is 3. The molecule has 3 N–H and O–H groups in total. The predicted octanol–water partition coefficient (Wildman–Crippen LogP) is 3.55. The summed E-state index contributed by atoms with van der Waals surface area (Å²) in [5.74, 6) is 0.833. The van der Waals surface area contributed by atoms with Gasteiger partial charge in [-0.1, -0.05) is 12.1 Å². The molecule has 1 saturated carbocycles. The van der Waals surface area contributed by atoms with E-state index in [9.17, 15) is 26.4 Å². The van der Waals surface area contributed by atoms with Gasteiger partial charge in [0.25, 0.3) is 0 Å². The zero-order valence-corrected chi connectivity index (χ0v) is 18.4. The zero-order chi connectivity index (χ0) is 24.3. The van der Waals surface area contributed by atoms with Crippen LogP contribution in [0.1, 0.15) is 31.0 Å². The summed E-state index contributed by atoms with van der Waals surface area (Å²) in [7, 11) is -4.02. The Morgan fingerprint density at radius 2 is 1.88 bits per heavy atom. The minimum Gasteiger partial charge on any atom is -0.406 e. The number of carbonyl (C=O) groups excluding carboxylic acids is 1. The van der Waals surface area contributed by atoms with Crippen molar-refractivity contribution >= 4 is 21.6 Å². The van der Waals surface area contributed by atoms with Crippen LogP contribution in [0.2, 0.25) is 0 Å². The van der Waals surface area contributed by atoms with Crippen LogP contribution in [0.4, 0.5) is 18.9 Å². The first-order valence-corrected chi connectivity index (χ1v) is 11.8. The van der Waals surface area contributed by atoms with Crippen molar-refractivity contribution in [3.05, 3.63) is 54.4 Å². The third-order valence-corrected chi connectivity index (χ3v) is 6.36. The lowest BCUT2D eigenvalue weighted by molar-refractivity contribution is -0.274. The van der Waals surface area contributed by atoms with Crippen molar-refractivity contribution in [2.24, 2.45) is 0 Å². The van der Waals surface area contributed by atoms with Crippen molar-refractivity contribution < 1.29 is 31.1 Å². The minimum absolute atomic E-state index is 0.161. The molecule has 3 aromatic rings. The average molecular weight is 495 g/mol. The lowest BCUT2D eigenvalue weighted by Crippen LogP contribution is -2.27. The van der Waals surface area contributed by atoms with Gasteiger partial charge in [0.1, 0.15) is 11.6 Å². The van der Waals surface area contributed by atoms with Gasteiger partial charge in [-0.25, -0.2) is 18.1 Å². The number of amides is 1. The third-order valence-electron chi connectivity index (χ3n) is 4.88. The van der Waals surface area contributed by atoms with Gasteiger partial charge < -0.3 is 10.1 Å². The van der Waals surface area contributed by atoms with Crippen molar-refractivity contribution in [3.63, 3.8) is 0 Å². The summed E-state index contributed by atoms with van der Waals surface area (Å²) in [6.07, 6.45) is -2.86. The molecule has 180 valence electrons. The topological polar surface area (TPSA) is 126 Å². The number of carbonyl (C=O) groups is 1. The molecule has 1 aliphatic carbocycles. The van der Waals surface area contributed by atoms with Gasteiger partial charge in [-0.05, 0) is 49.2 Å². The van der Waals surface area contributed by atoms with E-state index in [0.29, 0.717) is 17.4 Å². The second kappa shape index (κ2) is 9.43. The maximum Gasteiger partial charge on any atom is 0.573 e. The maximum absolute atomic E-state index is 12.3. The molecule has 1 fully saturated rings. The molecule has 9 nitrogen and oxygen atoms in total. The van der Waals surface area contributed by atoms with E-state index >= 15 is 0 Å². The van der Waals surface area contributed by atoms with Crippen LogP contribution in [-0.2, 0) is 14.8 Å². The Bertz CT molecular complexity index is 1270. The molecular formula is C21H20F3N5O4S. The summed E-state index contributed by atoms with van der Waals surface area (Å²) in [6, 6.07) is 10.7. The molecule has 0 bridgehead atoms. The fourth-order valence-electron chi connectivity index (χ4n) is 3.11. The van der Waals surface area contributed by atoms with Gasteiger partial charge in [-0.2, -0.15) is 5.10 Å². The summed E-state index contributed by atoms with van der Waals surface area (Å²) < 4.78 is 67.2. The van der Waals surface area contributed by atoms with Gasteiger partial charge in [0.05, 0.1) is 4.90 Å². The van der Waals surface area contributed by atoms with E-state index in [1.54, 1.807) is 18.2 Å². The molecule has 1 aliphatic rings. The highest BCUT2D eigenvalue weighted by Crippen LogP contribution is 2.38. The van der Waals surface area contributed by atoms with Crippen LogP contribution in [0, 0.1) is 0 Å². The van der Waals surface area contributed by atoms with Crippen LogP contribution >= 0.6 is 0 Å². The molecule has 1 amide bonds. The Hall–Kier alpha value is -3.45. The summed E-state index contributed by atoms with van der Waals surface area (Å²) in [4.78, 5) is 16.5. The molecule has 1 heterocycles. The van der Waals surface area contributed by atoms with Gasteiger partial charge in [0.15, 0.2) is 5.82 Å². The molecule has 34 heavy (non-hydrogen) atoms. The molecule has 13 heteroatoms. The number of anilines is 1. The van der Waals surface area contributed by atoms with Crippen molar-refractivity contribution in [1.82, 2.24) is 19.9 Å². The van der Waals surface area contributed by atoms with E-state index in [1.165, 1.54) is 0 Å². The Morgan fingerprint density at radius 3 is 2.56 bits per heavy atom. The third kappa shape index (κ3) is 6.32. The Kier molecular flexibility index (Phi) is 6.57. The molecule has 0 saturated heterocycles. The average Bonchev–Trinajstić information content (AvgIpc) is 3.49. The van der Waals surface area contributed by atoms with Crippen molar-refractivity contribution in [3.8, 4) is 17.1 Å². The van der Waals surface area contributed by atoms with Gasteiger partial charge >= 0.3 is 6.36 Å². The summed E-state index contributed by atoms with van der Waals surface area (Å²) in [5.41, 5.74) is 1.22. The number of rotatable bonds is 9. The van der Waals surface area contributed by atoms with E-state index in [1.807, 2.05) is 6.07 Å². The van der Waals surface area contributed by atoms with E-state index in [0.717, 1.165) is 48.5 Å². The fourth-order valence-corrected chi connectivity index (χ4v) is 4.14. The Labute approximate surface area is 192 Å². The molecule has 0 radical (unpaired) electrons. The Morgan fingerprint density at radius 1 is 1.15 bits per heavy atom. The van der Waals surface area contributed by atoms with Gasteiger partial charge in [-0.3, -0.25) is 9.89 Å². The molecule has 0 aliphatic heterocycles. The highest BCUT2D eigenvalue weighted by Gasteiger charge is 2.31. The van der Waals surface area contributed by atoms with Crippen LogP contribution in [0.3, 0.4) is 0 Å². The van der Waals surface area contributed by atoms with Crippen LogP contribution < -0.4 is 14.8 Å². The van der Waals surface area contributed by atoms with Crippen molar-refractivity contribution in [1.29, 1.82) is 0 Å². The summed E-state index contributed by atoms with van der Waals surface area (Å²) in [5, 5.41) is 9.82. The molecule has 0 spiro atoms. The molecule has 1 aromatic heterocycles. The first-order chi connectivity index (χ1) is 16.1. The van der Waals surface area contributed by atoms with Crippen LogP contribution in [0.15, 0.2) is 53.4 Å². The van der Waals surface area contributed by atoms with Crippen molar-refractivity contribution in [2.45, 2.75) is 36.4 Å². The van der Waals surface area contributed by atoms with E-state index < -0.39 is 28.0 Å². The second-order valence-electron chi connectivity index (χ2n) is 7.61. The number of hydrogen-bond acceptors (Lipinski definition) is 6. The largest absolute Gasteiger partial charge is 0.573 e. The Balaban J connectivity index is 1.29. The SMILES string of the molecule is O=C(CCNS(=O)(=O)c1ccc(OC(F)(F)F)cc1)Nc1cccc(-c2n[nH]c(C3CC3)n2)c1. The number of alkyl halides is 3. The van der Waals surface area contributed by atoms with E-state index in [4.69, 9.17) is 0 Å². The first kappa shape index (κ1) is 23.7. The highest BCUT2D eigenvalue weighted by molar-refractivity contribution is 7.89. The monoisotopic (exact) mass is 495 g/mol. The van der Waals surface area contributed by atoms with Crippen LogP contribution in [0.25, 0.3) is 11.4 Å². The molecular weight excluding hydrogens is 475 g/mol. The van der Waals surface area contributed by atoms with E-state index in [-0.39, 0.29) is 17.9 Å².